The van der Waals surface area contributed by atoms with Crippen LogP contribution in [-0.4, -0.2) is 32.0 Å². The molecule has 0 spiro atoms. The highest BCUT2D eigenvalue weighted by atomic mass is 16.5. The van der Waals surface area contributed by atoms with Crippen LogP contribution < -0.4 is 0 Å². The van der Waals surface area contributed by atoms with E-state index in [1.165, 1.54) is 0 Å². The second-order valence-electron chi connectivity index (χ2n) is 4.51. The van der Waals surface area contributed by atoms with Crippen molar-refractivity contribution in [3.8, 4) is 0 Å². The molecule has 102 valence electrons. The van der Waals surface area contributed by atoms with Gasteiger partial charge in [0.15, 0.2) is 0 Å². The van der Waals surface area contributed by atoms with Crippen LogP contribution in [0.25, 0.3) is 10.8 Å². The second kappa shape index (κ2) is 7.24. The lowest BCUT2D eigenvalue weighted by atomic mass is 10.0. The van der Waals surface area contributed by atoms with E-state index in [1.807, 2.05) is 42.5 Å². The van der Waals surface area contributed by atoms with E-state index in [1.54, 1.807) is 7.11 Å². The van der Waals surface area contributed by atoms with Crippen molar-refractivity contribution >= 4 is 10.8 Å². The number of benzene rings is 2. The largest absolute Gasteiger partial charge is 0.386 e. The maximum absolute atomic E-state index is 10.2. The van der Waals surface area contributed by atoms with Crippen LogP contribution in [0.5, 0.6) is 0 Å². The topological polar surface area (TPSA) is 38.7 Å². The van der Waals surface area contributed by atoms with Crippen LogP contribution in [0.3, 0.4) is 0 Å². The first-order valence-corrected chi connectivity index (χ1v) is 6.55. The molecule has 2 aromatic rings. The molecule has 0 amide bonds. The van der Waals surface area contributed by atoms with Crippen molar-refractivity contribution in [2.24, 2.45) is 0 Å². The van der Waals surface area contributed by atoms with Gasteiger partial charge in [0.1, 0.15) is 6.10 Å². The lowest BCUT2D eigenvalue weighted by Gasteiger charge is -2.14. The summed E-state index contributed by atoms with van der Waals surface area (Å²) < 4.78 is 10.4. The molecule has 1 atom stereocenters. The Morgan fingerprint density at radius 3 is 2.68 bits per heavy atom. The summed E-state index contributed by atoms with van der Waals surface area (Å²) in [4.78, 5) is 0. The second-order valence-corrected chi connectivity index (χ2v) is 4.51. The first-order chi connectivity index (χ1) is 9.33. The highest BCUT2D eigenvalue weighted by molar-refractivity contribution is 5.85. The average Bonchev–Trinajstić information content (AvgIpc) is 2.46. The number of rotatable bonds is 7. The van der Waals surface area contributed by atoms with E-state index in [0.29, 0.717) is 19.8 Å². The highest BCUT2D eigenvalue weighted by Gasteiger charge is 2.10. The Bertz CT molecular complexity index is 505. The molecule has 0 aromatic heterocycles. The third-order valence-corrected chi connectivity index (χ3v) is 3.10. The molecule has 1 N–H and O–H groups in total. The van der Waals surface area contributed by atoms with Crippen LogP contribution in [0.1, 0.15) is 18.1 Å². The molecule has 0 heterocycles. The monoisotopic (exact) mass is 260 g/mol. The fourth-order valence-corrected chi connectivity index (χ4v) is 2.13. The van der Waals surface area contributed by atoms with Crippen LogP contribution in [0.15, 0.2) is 42.5 Å². The Morgan fingerprint density at radius 2 is 1.84 bits per heavy atom. The number of aliphatic hydroxyl groups excluding tert-OH is 1. The summed E-state index contributed by atoms with van der Waals surface area (Å²) in [5, 5.41) is 12.4. The van der Waals surface area contributed by atoms with E-state index in [9.17, 15) is 5.11 Å². The lowest BCUT2D eigenvalue weighted by Crippen LogP contribution is -2.09. The Balaban J connectivity index is 1.99. The molecule has 0 bridgehead atoms. The van der Waals surface area contributed by atoms with Gasteiger partial charge in [-0.3, -0.25) is 0 Å². The fourth-order valence-electron chi connectivity index (χ4n) is 2.13. The maximum Gasteiger partial charge on any atom is 0.103 e. The quantitative estimate of drug-likeness (QED) is 0.778. The van der Waals surface area contributed by atoms with Gasteiger partial charge in [0.25, 0.3) is 0 Å². The normalized spacial score (nSPS) is 12.7. The average molecular weight is 260 g/mol. The summed E-state index contributed by atoms with van der Waals surface area (Å²) in [6.45, 7) is 1.61. The van der Waals surface area contributed by atoms with Crippen molar-refractivity contribution in [1.29, 1.82) is 0 Å². The minimum absolute atomic E-state index is 0.317. The molecule has 2 aromatic carbocycles. The van der Waals surface area contributed by atoms with Gasteiger partial charge in [0.05, 0.1) is 6.61 Å². The van der Waals surface area contributed by atoms with Gasteiger partial charge in [-0.15, -0.1) is 0 Å². The molecule has 0 aliphatic rings. The van der Waals surface area contributed by atoms with Crippen molar-refractivity contribution in [3.05, 3.63) is 48.0 Å². The molecule has 0 saturated heterocycles. The summed E-state index contributed by atoms with van der Waals surface area (Å²) in [5.74, 6) is 0. The Morgan fingerprint density at radius 1 is 1.05 bits per heavy atom. The number of hydrogen-bond donors (Lipinski definition) is 1. The number of ether oxygens (including phenoxy) is 2. The predicted octanol–water partition coefficient (Wildman–Crippen LogP) is 2.93. The van der Waals surface area contributed by atoms with E-state index in [2.05, 4.69) is 0 Å². The van der Waals surface area contributed by atoms with Gasteiger partial charge in [-0.25, -0.2) is 0 Å². The number of hydrogen-bond acceptors (Lipinski definition) is 3. The molecular weight excluding hydrogens is 240 g/mol. The molecule has 2 rings (SSSR count). The molecule has 0 aliphatic carbocycles. The van der Waals surface area contributed by atoms with Gasteiger partial charge in [0.2, 0.25) is 0 Å². The maximum atomic E-state index is 10.2. The molecule has 0 radical (unpaired) electrons. The molecule has 3 nitrogen and oxygen atoms in total. The van der Waals surface area contributed by atoms with Gasteiger partial charge in [-0.2, -0.15) is 0 Å². The van der Waals surface area contributed by atoms with Crippen LogP contribution >= 0.6 is 0 Å². The van der Waals surface area contributed by atoms with Gasteiger partial charge in [-0.1, -0.05) is 42.5 Å². The van der Waals surface area contributed by atoms with Crippen molar-refractivity contribution < 1.29 is 14.6 Å². The molecule has 0 saturated carbocycles. The third-order valence-electron chi connectivity index (χ3n) is 3.10. The van der Waals surface area contributed by atoms with Gasteiger partial charge < -0.3 is 14.6 Å². The first kappa shape index (κ1) is 14.0. The summed E-state index contributed by atoms with van der Waals surface area (Å²) in [7, 11) is 1.67. The first-order valence-electron chi connectivity index (χ1n) is 6.55. The molecule has 0 fully saturated rings. The zero-order chi connectivity index (χ0) is 13.5. The number of methoxy groups -OCH3 is 1. The summed E-state index contributed by atoms with van der Waals surface area (Å²) in [6.07, 6.45) is 0.257. The lowest BCUT2D eigenvalue weighted by molar-refractivity contribution is 0.0285. The van der Waals surface area contributed by atoms with Crippen LogP contribution in [0.2, 0.25) is 0 Å². The summed E-state index contributed by atoms with van der Waals surface area (Å²) in [5.41, 5.74) is 0.921. The smallest absolute Gasteiger partial charge is 0.103 e. The van der Waals surface area contributed by atoms with Crippen molar-refractivity contribution in [2.75, 3.05) is 26.9 Å². The molecule has 3 heteroatoms. The van der Waals surface area contributed by atoms with E-state index in [4.69, 9.17) is 9.47 Å². The highest BCUT2D eigenvalue weighted by Crippen LogP contribution is 2.24. The van der Waals surface area contributed by atoms with E-state index in [-0.39, 0.29) is 0 Å². The van der Waals surface area contributed by atoms with E-state index < -0.39 is 6.10 Å². The van der Waals surface area contributed by atoms with Gasteiger partial charge >= 0.3 is 0 Å². The minimum atomic E-state index is -0.589. The zero-order valence-corrected chi connectivity index (χ0v) is 11.2. The fraction of sp³-hybridized carbons (Fsp3) is 0.375. The Labute approximate surface area is 113 Å². The van der Waals surface area contributed by atoms with Crippen molar-refractivity contribution in [1.82, 2.24) is 0 Å². The zero-order valence-electron chi connectivity index (χ0n) is 11.2. The van der Waals surface area contributed by atoms with E-state index >= 15 is 0 Å². The van der Waals surface area contributed by atoms with Crippen LogP contribution in [0, 0.1) is 0 Å². The number of aliphatic hydroxyl groups is 1. The number of fused-ring (bicyclic) bond motifs is 1. The minimum Gasteiger partial charge on any atom is -0.386 e. The Kier molecular flexibility index (Phi) is 5.33. The van der Waals surface area contributed by atoms with Crippen LogP contribution in [-0.2, 0) is 9.47 Å². The summed E-state index contributed by atoms with van der Waals surface area (Å²) >= 11 is 0. The van der Waals surface area contributed by atoms with Crippen molar-refractivity contribution in [3.63, 3.8) is 0 Å². The predicted molar refractivity (Wildman–Crippen MR) is 76.2 cm³/mol. The van der Waals surface area contributed by atoms with Crippen LogP contribution in [0.4, 0.5) is 0 Å². The molecular formula is C16H20O3. The molecule has 0 aliphatic heterocycles. The van der Waals surface area contributed by atoms with E-state index in [0.717, 1.165) is 22.8 Å². The Hall–Kier alpha value is -1.42. The van der Waals surface area contributed by atoms with Gasteiger partial charge in [-0.05, 0) is 22.8 Å². The molecule has 1 unspecified atom stereocenters. The SMILES string of the molecule is COCCCOCC(O)c1cccc2ccccc12. The molecule has 19 heavy (non-hydrogen) atoms. The van der Waals surface area contributed by atoms with Gasteiger partial charge in [0, 0.05) is 20.3 Å². The third kappa shape index (κ3) is 3.77. The van der Waals surface area contributed by atoms with Crippen molar-refractivity contribution in [2.45, 2.75) is 12.5 Å². The summed E-state index contributed by atoms with van der Waals surface area (Å²) in [6, 6.07) is 14.0. The standard InChI is InChI=1S/C16H20O3/c1-18-10-5-11-19-12-16(17)15-9-4-7-13-6-2-3-8-14(13)15/h2-4,6-9,16-17H,5,10-12H2,1H3.